The van der Waals surface area contributed by atoms with Crippen LogP contribution in [0.25, 0.3) is 0 Å². The van der Waals surface area contributed by atoms with Crippen LogP contribution in [0.4, 0.5) is 0 Å². The SMILES string of the molecule is CC(=O)c1ccc(S(=O)(=O)NCC(C)(O)c2ccc3c(c2)OCO3)cc1. The predicted molar refractivity (Wildman–Crippen MR) is 93.8 cm³/mol. The minimum absolute atomic E-state index is 0.0176. The summed E-state index contributed by atoms with van der Waals surface area (Å²) in [4.78, 5) is 11.3. The van der Waals surface area contributed by atoms with Gasteiger partial charge in [0, 0.05) is 12.1 Å². The Hall–Kier alpha value is -2.42. The molecule has 1 aliphatic heterocycles. The molecule has 0 aromatic heterocycles. The van der Waals surface area contributed by atoms with Gasteiger partial charge in [-0.2, -0.15) is 0 Å². The number of rotatable bonds is 6. The van der Waals surface area contributed by atoms with Crippen LogP contribution in [0.1, 0.15) is 29.8 Å². The molecule has 8 heteroatoms. The number of benzene rings is 2. The van der Waals surface area contributed by atoms with Crippen LogP contribution in [0, 0.1) is 0 Å². The van der Waals surface area contributed by atoms with E-state index in [-0.39, 0.29) is 24.0 Å². The normalized spacial score (nSPS) is 15.5. The topological polar surface area (TPSA) is 102 Å². The molecule has 1 heterocycles. The van der Waals surface area contributed by atoms with Crippen molar-refractivity contribution in [3.05, 3.63) is 53.6 Å². The molecule has 0 bridgehead atoms. The summed E-state index contributed by atoms with van der Waals surface area (Å²) >= 11 is 0. The molecule has 0 radical (unpaired) electrons. The van der Waals surface area contributed by atoms with E-state index in [2.05, 4.69) is 4.72 Å². The molecule has 0 aliphatic carbocycles. The number of hydrogen-bond acceptors (Lipinski definition) is 6. The van der Waals surface area contributed by atoms with Crippen LogP contribution in [0.15, 0.2) is 47.4 Å². The summed E-state index contributed by atoms with van der Waals surface area (Å²) in [6, 6.07) is 10.6. The summed E-state index contributed by atoms with van der Waals surface area (Å²) in [5.41, 5.74) is -0.527. The highest BCUT2D eigenvalue weighted by Crippen LogP contribution is 2.35. The molecule has 7 nitrogen and oxygen atoms in total. The minimum atomic E-state index is -3.83. The van der Waals surface area contributed by atoms with Crippen molar-refractivity contribution in [3.8, 4) is 11.5 Å². The van der Waals surface area contributed by atoms with Crippen molar-refractivity contribution >= 4 is 15.8 Å². The van der Waals surface area contributed by atoms with Crippen molar-refractivity contribution in [1.29, 1.82) is 0 Å². The van der Waals surface area contributed by atoms with Crippen molar-refractivity contribution in [3.63, 3.8) is 0 Å². The highest BCUT2D eigenvalue weighted by Gasteiger charge is 2.28. The first-order valence-corrected chi connectivity index (χ1v) is 9.40. The van der Waals surface area contributed by atoms with E-state index in [0.717, 1.165) is 0 Å². The molecule has 138 valence electrons. The van der Waals surface area contributed by atoms with Crippen molar-refractivity contribution in [2.24, 2.45) is 0 Å². The molecule has 1 atom stereocenters. The van der Waals surface area contributed by atoms with Gasteiger partial charge in [-0.3, -0.25) is 4.79 Å². The molecule has 2 N–H and O–H groups in total. The van der Waals surface area contributed by atoms with E-state index in [1.807, 2.05) is 0 Å². The number of ketones is 1. The molecule has 26 heavy (non-hydrogen) atoms. The Bertz CT molecular complexity index is 935. The molecule has 0 spiro atoms. The second-order valence-corrected chi connectivity index (χ2v) is 8.01. The van der Waals surface area contributed by atoms with E-state index in [9.17, 15) is 18.3 Å². The number of nitrogens with one attached hydrogen (secondary N) is 1. The van der Waals surface area contributed by atoms with Gasteiger partial charge in [0.25, 0.3) is 0 Å². The number of ether oxygens (including phenoxy) is 2. The van der Waals surface area contributed by atoms with Crippen molar-refractivity contribution in [2.75, 3.05) is 13.3 Å². The second kappa shape index (κ2) is 6.71. The number of Topliss-reactive ketones (excluding diaryl/α,β-unsaturated/α-hetero) is 1. The maximum absolute atomic E-state index is 12.4. The standard InChI is InChI=1S/C18H19NO6S/c1-12(20)13-3-6-15(7-4-13)26(22,23)19-10-18(2,21)14-5-8-16-17(9-14)25-11-24-16/h3-9,19,21H,10-11H2,1-2H3. The Morgan fingerprint density at radius 1 is 1.15 bits per heavy atom. The lowest BCUT2D eigenvalue weighted by Crippen LogP contribution is -2.38. The van der Waals surface area contributed by atoms with Crippen LogP contribution in [0.5, 0.6) is 11.5 Å². The summed E-state index contributed by atoms with van der Waals surface area (Å²) in [5.74, 6) is 0.939. The lowest BCUT2D eigenvalue weighted by molar-refractivity contribution is 0.0625. The summed E-state index contributed by atoms with van der Waals surface area (Å²) < 4.78 is 37.8. The lowest BCUT2D eigenvalue weighted by Gasteiger charge is -2.24. The summed E-state index contributed by atoms with van der Waals surface area (Å²) in [6.07, 6.45) is 0. The number of aliphatic hydroxyl groups is 1. The number of fused-ring (bicyclic) bond motifs is 1. The van der Waals surface area contributed by atoms with Crippen LogP contribution in [-0.4, -0.2) is 32.6 Å². The molecule has 0 saturated carbocycles. The van der Waals surface area contributed by atoms with Gasteiger partial charge >= 0.3 is 0 Å². The maximum Gasteiger partial charge on any atom is 0.240 e. The van der Waals surface area contributed by atoms with Gasteiger partial charge in [0.15, 0.2) is 17.3 Å². The highest BCUT2D eigenvalue weighted by atomic mass is 32.2. The predicted octanol–water partition coefficient (Wildman–Crippen LogP) is 1.80. The molecule has 2 aromatic carbocycles. The molecular weight excluding hydrogens is 358 g/mol. The van der Waals surface area contributed by atoms with Gasteiger partial charge in [0.1, 0.15) is 5.60 Å². The van der Waals surface area contributed by atoms with Crippen LogP contribution in [0.2, 0.25) is 0 Å². The molecule has 3 rings (SSSR count). The van der Waals surface area contributed by atoms with Gasteiger partial charge < -0.3 is 14.6 Å². The van der Waals surface area contributed by atoms with Gasteiger partial charge in [0.05, 0.1) is 4.90 Å². The van der Waals surface area contributed by atoms with Crippen LogP contribution in [-0.2, 0) is 15.6 Å². The molecule has 2 aromatic rings. The fourth-order valence-electron chi connectivity index (χ4n) is 2.52. The Labute approximate surface area is 151 Å². The Balaban J connectivity index is 1.74. The first kappa shape index (κ1) is 18.4. The minimum Gasteiger partial charge on any atom is -0.454 e. The quantitative estimate of drug-likeness (QED) is 0.745. The smallest absolute Gasteiger partial charge is 0.240 e. The molecule has 1 unspecified atom stereocenters. The third-order valence-corrected chi connectivity index (χ3v) is 5.59. The Morgan fingerprint density at radius 2 is 1.81 bits per heavy atom. The second-order valence-electron chi connectivity index (χ2n) is 6.25. The van der Waals surface area contributed by atoms with E-state index >= 15 is 0 Å². The third-order valence-electron chi connectivity index (χ3n) is 4.17. The monoisotopic (exact) mass is 377 g/mol. The van der Waals surface area contributed by atoms with Gasteiger partial charge in [-0.15, -0.1) is 0 Å². The van der Waals surface area contributed by atoms with Gasteiger partial charge in [-0.05, 0) is 43.7 Å². The summed E-state index contributed by atoms with van der Waals surface area (Å²) in [6.45, 7) is 2.80. The zero-order valence-corrected chi connectivity index (χ0v) is 15.2. The average Bonchev–Trinajstić information content (AvgIpc) is 3.08. The van der Waals surface area contributed by atoms with Gasteiger partial charge in [0.2, 0.25) is 16.8 Å². The zero-order valence-electron chi connectivity index (χ0n) is 14.4. The van der Waals surface area contributed by atoms with Crippen LogP contribution >= 0.6 is 0 Å². The molecule has 0 saturated heterocycles. The van der Waals surface area contributed by atoms with Gasteiger partial charge in [-0.1, -0.05) is 18.2 Å². The number of hydrogen-bond donors (Lipinski definition) is 2. The first-order chi connectivity index (χ1) is 12.2. The van der Waals surface area contributed by atoms with Crippen molar-refractivity contribution in [1.82, 2.24) is 4.72 Å². The molecule has 1 aliphatic rings. The molecular formula is C18H19NO6S. The van der Waals surface area contributed by atoms with E-state index in [4.69, 9.17) is 9.47 Å². The van der Waals surface area contributed by atoms with Crippen LogP contribution < -0.4 is 14.2 Å². The zero-order chi connectivity index (χ0) is 18.9. The molecule has 0 fully saturated rings. The van der Waals surface area contributed by atoms with Crippen LogP contribution in [0.3, 0.4) is 0 Å². The van der Waals surface area contributed by atoms with E-state index in [0.29, 0.717) is 22.6 Å². The number of sulfonamides is 1. The number of carbonyl (C=O) groups is 1. The average molecular weight is 377 g/mol. The summed E-state index contributed by atoms with van der Waals surface area (Å²) in [5, 5.41) is 10.7. The third kappa shape index (κ3) is 3.72. The highest BCUT2D eigenvalue weighted by molar-refractivity contribution is 7.89. The van der Waals surface area contributed by atoms with E-state index < -0.39 is 15.6 Å². The van der Waals surface area contributed by atoms with Gasteiger partial charge in [-0.25, -0.2) is 13.1 Å². The largest absolute Gasteiger partial charge is 0.454 e. The maximum atomic E-state index is 12.4. The van der Waals surface area contributed by atoms with Crippen molar-refractivity contribution < 1.29 is 27.8 Å². The van der Waals surface area contributed by atoms with E-state index in [1.54, 1.807) is 18.2 Å². The Morgan fingerprint density at radius 3 is 2.46 bits per heavy atom. The van der Waals surface area contributed by atoms with E-state index in [1.165, 1.54) is 38.1 Å². The first-order valence-electron chi connectivity index (χ1n) is 7.92. The fraction of sp³-hybridized carbons (Fsp3) is 0.278. The fourth-order valence-corrected chi connectivity index (χ4v) is 3.65. The molecule has 0 amide bonds. The summed E-state index contributed by atoms with van der Waals surface area (Å²) in [7, 11) is -3.83. The number of carbonyl (C=O) groups excluding carboxylic acids is 1. The lowest BCUT2D eigenvalue weighted by atomic mass is 9.96. The Kier molecular flexibility index (Phi) is 4.74. The van der Waals surface area contributed by atoms with Crippen molar-refractivity contribution in [2.45, 2.75) is 24.3 Å².